The van der Waals surface area contributed by atoms with Gasteiger partial charge in [-0.15, -0.1) is 0 Å². The van der Waals surface area contributed by atoms with E-state index in [-0.39, 0.29) is 6.67 Å². The van der Waals surface area contributed by atoms with Gasteiger partial charge >= 0.3 is 36.8 Å². The van der Waals surface area contributed by atoms with Crippen LogP contribution in [-0.2, 0) is 9.47 Å². The second kappa shape index (κ2) is 11.9. The van der Waals surface area contributed by atoms with Crippen LogP contribution in [-0.4, -0.2) is 50.6 Å². The van der Waals surface area contributed by atoms with Crippen LogP contribution >= 0.6 is 0 Å². The van der Waals surface area contributed by atoms with Gasteiger partial charge in [-0.25, -0.2) is 18.3 Å². The van der Waals surface area contributed by atoms with E-state index in [1.807, 2.05) is 0 Å². The fourth-order valence-electron chi connectivity index (χ4n) is 1.82. The van der Waals surface area contributed by atoms with Crippen molar-refractivity contribution in [1.82, 2.24) is 0 Å². The minimum absolute atomic E-state index is 0.250. The molecule has 2 aliphatic rings. The molecule has 0 saturated carbocycles. The van der Waals surface area contributed by atoms with Gasteiger partial charge in [0, 0.05) is 0 Å². The lowest BCUT2D eigenvalue weighted by molar-refractivity contribution is -0.412. The highest BCUT2D eigenvalue weighted by atomic mass is 19.4. The standard InChI is InChI=1S/2C6H2F8O.C2H5F.CH3F/c2*7-3-1-2(4(8,9)10)5(11,12)15-6(3,13)14;1-2-3;1-2/h2*1-2H;2H2,1H3;1H3. The first-order valence-electron chi connectivity index (χ1n) is 8.09. The van der Waals surface area contributed by atoms with Gasteiger partial charge in [0.25, 0.3) is 0 Å². The number of ether oxygens (including phenoxy) is 2. The molecule has 20 heteroatoms. The average Bonchev–Trinajstić information content (AvgIpc) is 2.60. The molecule has 0 aromatic rings. The van der Waals surface area contributed by atoms with Crippen LogP contribution in [0.25, 0.3) is 0 Å². The molecule has 2 nitrogen and oxygen atoms in total. The number of alkyl halides is 16. The average molecular weight is 566 g/mol. The molecular weight excluding hydrogens is 554 g/mol. The molecule has 2 aliphatic heterocycles. The maximum Gasteiger partial charge on any atom is 0.413 e. The van der Waals surface area contributed by atoms with E-state index in [1.54, 1.807) is 0 Å². The van der Waals surface area contributed by atoms with Gasteiger partial charge in [0.15, 0.2) is 23.5 Å². The van der Waals surface area contributed by atoms with Crippen LogP contribution in [0.1, 0.15) is 6.92 Å². The zero-order chi connectivity index (χ0) is 28.8. The van der Waals surface area contributed by atoms with Crippen LogP contribution in [0.3, 0.4) is 0 Å². The van der Waals surface area contributed by atoms with Crippen molar-refractivity contribution >= 4 is 0 Å². The van der Waals surface area contributed by atoms with Gasteiger partial charge in [-0.3, -0.25) is 8.78 Å². The molecule has 0 spiro atoms. The van der Waals surface area contributed by atoms with Gasteiger partial charge in [0.05, 0.1) is 13.9 Å². The molecule has 2 heterocycles. The van der Waals surface area contributed by atoms with Crippen LogP contribution in [0.2, 0.25) is 0 Å². The van der Waals surface area contributed by atoms with Crippen LogP contribution < -0.4 is 0 Å². The maximum absolute atomic E-state index is 12.4. The van der Waals surface area contributed by atoms with Crippen molar-refractivity contribution < 1.29 is 88.5 Å². The van der Waals surface area contributed by atoms with E-state index < -0.39 is 72.4 Å². The Morgan fingerprint density at radius 2 is 0.857 bits per heavy atom. The van der Waals surface area contributed by atoms with Gasteiger partial charge in [-0.2, -0.15) is 61.5 Å². The molecule has 2 unspecified atom stereocenters. The molecule has 2 rings (SSSR count). The minimum Gasteiger partial charge on any atom is -0.255 e. The summed E-state index contributed by atoms with van der Waals surface area (Å²) in [5.74, 6) is -12.8. The second-order valence-electron chi connectivity index (χ2n) is 5.70. The van der Waals surface area contributed by atoms with Gasteiger partial charge in [-0.1, -0.05) is 0 Å². The molecule has 210 valence electrons. The van der Waals surface area contributed by atoms with Crippen LogP contribution in [0, 0.1) is 11.8 Å². The Labute approximate surface area is 183 Å². The largest absolute Gasteiger partial charge is 0.413 e. The SMILES string of the molecule is CCF.CF.FC1=CC(C(F)(F)F)C(F)(F)OC1(F)F.FC1=CC(C(F)(F)F)C(F)(F)OC1(F)F. The molecule has 0 radical (unpaired) electrons. The number of hydrogen-bond acceptors (Lipinski definition) is 2. The number of hydrogen-bond donors (Lipinski definition) is 0. The summed E-state index contributed by atoms with van der Waals surface area (Å²) in [5, 5.41) is 0. The molecule has 0 N–H and O–H groups in total. The van der Waals surface area contributed by atoms with Gasteiger partial charge in [0.2, 0.25) is 0 Å². The summed E-state index contributed by atoms with van der Waals surface area (Å²) >= 11 is 0. The zero-order valence-electron chi connectivity index (χ0n) is 16.6. The Hall–Kier alpha value is -1.86. The van der Waals surface area contributed by atoms with Crippen molar-refractivity contribution in [2.75, 3.05) is 13.9 Å². The van der Waals surface area contributed by atoms with E-state index >= 15 is 0 Å². The molecule has 0 saturated heterocycles. The van der Waals surface area contributed by atoms with Crippen LogP contribution in [0.15, 0.2) is 23.8 Å². The number of halogens is 18. The topological polar surface area (TPSA) is 18.5 Å². The molecule has 0 aromatic heterocycles. The molecule has 0 aromatic carbocycles. The van der Waals surface area contributed by atoms with Gasteiger partial charge in [-0.05, 0) is 19.1 Å². The Morgan fingerprint density at radius 3 is 1.03 bits per heavy atom. The monoisotopic (exact) mass is 566 g/mol. The maximum atomic E-state index is 12.4. The smallest absolute Gasteiger partial charge is 0.255 e. The van der Waals surface area contributed by atoms with Gasteiger partial charge in [0.1, 0.15) is 0 Å². The van der Waals surface area contributed by atoms with Crippen LogP contribution in [0.5, 0.6) is 0 Å². The first kappa shape index (κ1) is 35.3. The fraction of sp³-hybridized carbons (Fsp3) is 0.733. The highest BCUT2D eigenvalue weighted by Gasteiger charge is 2.65. The van der Waals surface area contributed by atoms with Crippen molar-refractivity contribution in [2.45, 2.75) is 43.7 Å². The predicted molar refractivity (Wildman–Crippen MR) is 78.1 cm³/mol. The van der Waals surface area contributed by atoms with E-state index in [2.05, 4.69) is 9.47 Å². The lowest BCUT2D eigenvalue weighted by atomic mass is 10.1. The van der Waals surface area contributed by atoms with Crippen molar-refractivity contribution in [3.63, 3.8) is 0 Å². The highest BCUT2D eigenvalue weighted by molar-refractivity contribution is 5.11. The first-order chi connectivity index (χ1) is 15.3. The normalized spacial score (nSPS) is 26.3. The Morgan fingerprint density at radius 1 is 0.657 bits per heavy atom. The van der Waals surface area contributed by atoms with E-state index in [1.165, 1.54) is 6.92 Å². The quantitative estimate of drug-likeness (QED) is 0.277. The molecule has 0 aliphatic carbocycles. The van der Waals surface area contributed by atoms with E-state index in [9.17, 15) is 79.0 Å². The van der Waals surface area contributed by atoms with E-state index in [4.69, 9.17) is 0 Å². The Kier molecular flexibility index (Phi) is 12.0. The van der Waals surface area contributed by atoms with Crippen molar-refractivity contribution in [3.05, 3.63) is 23.8 Å². The number of rotatable bonds is 0. The van der Waals surface area contributed by atoms with E-state index in [0.717, 1.165) is 0 Å². The molecule has 0 amide bonds. The van der Waals surface area contributed by atoms with E-state index in [0.29, 0.717) is 7.18 Å². The zero-order valence-corrected chi connectivity index (χ0v) is 16.6. The molecule has 0 bridgehead atoms. The Bertz CT molecular complexity index is 660. The summed E-state index contributed by atoms with van der Waals surface area (Å²) in [7, 11) is 0.500. The second-order valence-corrected chi connectivity index (χ2v) is 5.70. The van der Waals surface area contributed by atoms with Gasteiger partial charge < -0.3 is 0 Å². The first-order valence-corrected chi connectivity index (χ1v) is 8.09. The summed E-state index contributed by atoms with van der Waals surface area (Å²) in [5.41, 5.74) is 0. The molecule has 35 heavy (non-hydrogen) atoms. The summed E-state index contributed by atoms with van der Waals surface area (Å²) < 4.78 is 218. The minimum atomic E-state index is -5.57. The van der Waals surface area contributed by atoms with Crippen molar-refractivity contribution in [3.8, 4) is 0 Å². The highest BCUT2D eigenvalue weighted by Crippen LogP contribution is 2.50. The summed E-state index contributed by atoms with van der Waals surface area (Å²) in [6.07, 6.45) is -33.4. The third-order valence-electron chi connectivity index (χ3n) is 3.14. The third kappa shape index (κ3) is 9.96. The summed E-state index contributed by atoms with van der Waals surface area (Å²) in [6, 6.07) is 0. The molecule has 2 atom stereocenters. The lowest BCUT2D eigenvalue weighted by Gasteiger charge is -2.32. The molecule has 0 fully saturated rings. The predicted octanol–water partition coefficient (Wildman–Crippen LogP) is 8.03. The summed E-state index contributed by atoms with van der Waals surface area (Å²) in [6.45, 7) is 1.21. The Balaban J connectivity index is 0. The van der Waals surface area contributed by atoms with Crippen molar-refractivity contribution in [2.24, 2.45) is 11.8 Å². The third-order valence-corrected chi connectivity index (χ3v) is 3.14. The molecular formula is C15H12F18O2. The van der Waals surface area contributed by atoms with Crippen molar-refractivity contribution in [1.29, 1.82) is 0 Å². The fourth-order valence-corrected chi connectivity index (χ4v) is 1.82. The lowest BCUT2D eigenvalue weighted by Crippen LogP contribution is -2.48. The van der Waals surface area contributed by atoms with Crippen LogP contribution in [0.4, 0.5) is 79.0 Å². The summed E-state index contributed by atoms with van der Waals surface area (Å²) in [4.78, 5) is 0.